The predicted octanol–water partition coefficient (Wildman–Crippen LogP) is 0.587. The first-order valence-corrected chi connectivity index (χ1v) is 6.12. The van der Waals surface area contributed by atoms with Gasteiger partial charge in [0.1, 0.15) is 0 Å². The Hall–Kier alpha value is -2.44. The number of aromatic amines is 1. The standard InChI is InChI=1S/C12H14N6O/c13-12-15-10(16-17-12)11(19)18(9-1-2-9)7-8-3-5-14-6-4-8/h3-6,9H,1-2,7H2,(H3,13,15,16,17). The van der Waals surface area contributed by atoms with E-state index in [0.29, 0.717) is 6.54 Å². The minimum Gasteiger partial charge on any atom is -0.366 e. The van der Waals surface area contributed by atoms with Gasteiger partial charge in [-0.3, -0.25) is 14.9 Å². The molecule has 3 N–H and O–H groups in total. The summed E-state index contributed by atoms with van der Waals surface area (Å²) in [6.45, 7) is 0.548. The molecule has 0 bridgehead atoms. The summed E-state index contributed by atoms with van der Waals surface area (Å²) in [6.07, 6.45) is 5.50. The van der Waals surface area contributed by atoms with Gasteiger partial charge in [0.05, 0.1) is 0 Å². The van der Waals surface area contributed by atoms with Crippen LogP contribution in [0.3, 0.4) is 0 Å². The molecule has 1 aliphatic rings. The number of amides is 1. The molecule has 2 aromatic rings. The Morgan fingerprint density at radius 1 is 1.42 bits per heavy atom. The Balaban J connectivity index is 1.79. The molecule has 0 atom stereocenters. The minimum atomic E-state index is -0.163. The van der Waals surface area contributed by atoms with Crippen LogP contribution in [0.4, 0.5) is 5.95 Å². The van der Waals surface area contributed by atoms with Crippen molar-refractivity contribution in [1.82, 2.24) is 25.1 Å². The topological polar surface area (TPSA) is 101 Å². The molecule has 0 aliphatic heterocycles. The highest BCUT2D eigenvalue weighted by molar-refractivity contribution is 5.91. The van der Waals surface area contributed by atoms with Crippen LogP contribution in [-0.4, -0.2) is 37.0 Å². The predicted molar refractivity (Wildman–Crippen MR) is 67.9 cm³/mol. The highest BCUT2D eigenvalue weighted by Crippen LogP contribution is 2.29. The number of pyridine rings is 1. The van der Waals surface area contributed by atoms with Crippen molar-refractivity contribution in [3.05, 3.63) is 35.9 Å². The molecule has 7 heteroatoms. The normalized spacial score (nSPS) is 14.3. The van der Waals surface area contributed by atoms with Gasteiger partial charge in [0.25, 0.3) is 5.91 Å². The van der Waals surface area contributed by atoms with Crippen LogP contribution in [0.1, 0.15) is 29.0 Å². The van der Waals surface area contributed by atoms with Gasteiger partial charge in [-0.05, 0) is 30.5 Å². The second kappa shape index (κ2) is 4.68. The zero-order valence-corrected chi connectivity index (χ0v) is 10.3. The molecule has 0 radical (unpaired) electrons. The summed E-state index contributed by atoms with van der Waals surface area (Å²) in [6, 6.07) is 4.08. The van der Waals surface area contributed by atoms with E-state index >= 15 is 0 Å². The fourth-order valence-corrected chi connectivity index (χ4v) is 1.94. The number of aromatic nitrogens is 4. The lowest BCUT2D eigenvalue weighted by molar-refractivity contribution is 0.0718. The molecule has 1 aliphatic carbocycles. The van der Waals surface area contributed by atoms with E-state index in [2.05, 4.69) is 20.2 Å². The van der Waals surface area contributed by atoms with Gasteiger partial charge in [-0.1, -0.05) is 0 Å². The maximum absolute atomic E-state index is 12.4. The molecule has 0 saturated heterocycles. The molecule has 1 fully saturated rings. The number of H-pyrrole nitrogens is 1. The van der Waals surface area contributed by atoms with Crippen molar-refractivity contribution in [1.29, 1.82) is 0 Å². The first-order chi connectivity index (χ1) is 9.24. The van der Waals surface area contributed by atoms with Crippen LogP contribution in [0.2, 0.25) is 0 Å². The van der Waals surface area contributed by atoms with E-state index in [9.17, 15) is 4.79 Å². The van der Waals surface area contributed by atoms with Crippen molar-refractivity contribution in [2.75, 3.05) is 5.73 Å². The highest BCUT2D eigenvalue weighted by atomic mass is 16.2. The summed E-state index contributed by atoms with van der Waals surface area (Å²) in [4.78, 5) is 22.0. The fourth-order valence-electron chi connectivity index (χ4n) is 1.94. The van der Waals surface area contributed by atoms with E-state index in [1.807, 2.05) is 12.1 Å². The van der Waals surface area contributed by atoms with Gasteiger partial charge in [0.2, 0.25) is 11.8 Å². The van der Waals surface area contributed by atoms with Crippen molar-refractivity contribution in [2.24, 2.45) is 0 Å². The number of carbonyl (C=O) groups excluding carboxylic acids is 1. The van der Waals surface area contributed by atoms with Crippen LogP contribution in [0.5, 0.6) is 0 Å². The summed E-state index contributed by atoms with van der Waals surface area (Å²) in [7, 11) is 0. The monoisotopic (exact) mass is 258 g/mol. The minimum absolute atomic E-state index is 0.0861. The average Bonchev–Trinajstić information content (AvgIpc) is 3.18. The summed E-state index contributed by atoms with van der Waals surface area (Å²) in [5, 5.41) is 6.26. The second-order valence-corrected chi connectivity index (χ2v) is 4.56. The Kier molecular flexibility index (Phi) is 2.86. The van der Waals surface area contributed by atoms with E-state index in [-0.39, 0.29) is 23.7 Å². The van der Waals surface area contributed by atoms with Gasteiger partial charge in [-0.2, -0.15) is 4.98 Å². The zero-order valence-electron chi connectivity index (χ0n) is 10.3. The van der Waals surface area contributed by atoms with Crippen LogP contribution in [0.15, 0.2) is 24.5 Å². The number of nitrogens with two attached hydrogens (primary N) is 1. The maximum Gasteiger partial charge on any atom is 0.291 e. The molecule has 98 valence electrons. The number of hydrogen-bond donors (Lipinski definition) is 2. The molecule has 2 heterocycles. The van der Waals surface area contributed by atoms with E-state index in [1.54, 1.807) is 17.3 Å². The molecule has 1 amide bonds. The number of hydrogen-bond acceptors (Lipinski definition) is 5. The quantitative estimate of drug-likeness (QED) is 0.835. The van der Waals surface area contributed by atoms with Gasteiger partial charge in [-0.15, -0.1) is 5.10 Å². The number of carbonyl (C=O) groups is 1. The zero-order chi connectivity index (χ0) is 13.2. The lowest BCUT2D eigenvalue weighted by Crippen LogP contribution is -2.33. The van der Waals surface area contributed by atoms with Crippen molar-refractivity contribution < 1.29 is 4.79 Å². The summed E-state index contributed by atoms with van der Waals surface area (Å²) < 4.78 is 0. The molecule has 0 unspecified atom stereocenters. The number of nitrogens with one attached hydrogen (secondary N) is 1. The molecule has 0 spiro atoms. The van der Waals surface area contributed by atoms with Gasteiger partial charge in [0.15, 0.2) is 0 Å². The lowest BCUT2D eigenvalue weighted by atomic mass is 10.2. The van der Waals surface area contributed by atoms with Crippen LogP contribution >= 0.6 is 0 Å². The number of nitrogens with zero attached hydrogens (tertiary/aromatic N) is 4. The second-order valence-electron chi connectivity index (χ2n) is 4.56. The molecule has 2 aromatic heterocycles. The third-order valence-corrected chi connectivity index (χ3v) is 3.06. The first kappa shape index (κ1) is 11.6. The molecule has 7 nitrogen and oxygen atoms in total. The Morgan fingerprint density at radius 2 is 2.16 bits per heavy atom. The SMILES string of the molecule is Nc1n[nH]c(C(=O)N(Cc2ccncc2)C2CC2)n1. The van der Waals surface area contributed by atoms with Crippen molar-refractivity contribution >= 4 is 11.9 Å². The van der Waals surface area contributed by atoms with Crippen LogP contribution in [0, 0.1) is 0 Å². The third kappa shape index (κ3) is 2.54. The van der Waals surface area contributed by atoms with E-state index in [0.717, 1.165) is 18.4 Å². The average molecular weight is 258 g/mol. The number of anilines is 1. The Bertz CT molecular complexity index is 577. The van der Waals surface area contributed by atoms with Gasteiger partial charge in [-0.25, -0.2) is 0 Å². The largest absolute Gasteiger partial charge is 0.366 e. The third-order valence-electron chi connectivity index (χ3n) is 3.06. The maximum atomic E-state index is 12.4. The van der Waals surface area contributed by atoms with Gasteiger partial charge in [0, 0.05) is 25.0 Å². The van der Waals surface area contributed by atoms with E-state index in [4.69, 9.17) is 5.73 Å². The highest BCUT2D eigenvalue weighted by Gasteiger charge is 2.34. The lowest BCUT2D eigenvalue weighted by Gasteiger charge is -2.21. The molecular weight excluding hydrogens is 244 g/mol. The molecule has 19 heavy (non-hydrogen) atoms. The molecule has 1 saturated carbocycles. The Labute approximate surface area is 109 Å². The van der Waals surface area contributed by atoms with Crippen LogP contribution in [0.25, 0.3) is 0 Å². The molecule has 3 rings (SSSR count). The summed E-state index contributed by atoms with van der Waals surface area (Å²) in [5.41, 5.74) is 6.47. The first-order valence-electron chi connectivity index (χ1n) is 6.12. The van der Waals surface area contributed by atoms with Crippen LogP contribution < -0.4 is 5.73 Å². The van der Waals surface area contributed by atoms with E-state index < -0.39 is 0 Å². The van der Waals surface area contributed by atoms with E-state index in [1.165, 1.54) is 0 Å². The van der Waals surface area contributed by atoms with Crippen molar-refractivity contribution in [2.45, 2.75) is 25.4 Å². The van der Waals surface area contributed by atoms with Gasteiger partial charge < -0.3 is 10.6 Å². The summed E-state index contributed by atoms with van der Waals surface area (Å²) >= 11 is 0. The molecule has 0 aromatic carbocycles. The van der Waals surface area contributed by atoms with Gasteiger partial charge >= 0.3 is 0 Å². The Morgan fingerprint density at radius 3 is 2.74 bits per heavy atom. The van der Waals surface area contributed by atoms with Crippen molar-refractivity contribution in [3.8, 4) is 0 Å². The summed E-state index contributed by atoms with van der Waals surface area (Å²) in [5.74, 6) is 0.116. The van der Waals surface area contributed by atoms with Crippen LogP contribution in [-0.2, 0) is 6.54 Å². The fraction of sp³-hybridized carbons (Fsp3) is 0.333. The number of rotatable bonds is 4. The van der Waals surface area contributed by atoms with Crippen molar-refractivity contribution in [3.63, 3.8) is 0 Å². The molecular formula is C12H14N6O. The smallest absolute Gasteiger partial charge is 0.291 e. The number of nitrogen functional groups attached to an aromatic ring is 1.